The van der Waals surface area contributed by atoms with Gasteiger partial charge in [-0.2, -0.15) is 4.98 Å². The molecule has 0 bridgehead atoms. The smallest absolute Gasteiger partial charge is 0.395 e. The number of aliphatic hydroxyl groups excluding tert-OH is 1. The average Bonchev–Trinajstić information content (AvgIpc) is 3.57. The Kier molecular flexibility index (Phi) is 5.94. The summed E-state index contributed by atoms with van der Waals surface area (Å²) in [6, 6.07) is 7.36. The number of para-hydroxylation sites is 2. The van der Waals surface area contributed by atoms with Crippen LogP contribution in [0.2, 0.25) is 0 Å². The van der Waals surface area contributed by atoms with Crippen molar-refractivity contribution < 1.29 is 33.3 Å². The fraction of sp³-hybridized carbons (Fsp3) is 0.594. The first kappa shape index (κ1) is 26.1. The topological polar surface area (TPSA) is 108 Å². The van der Waals surface area contributed by atoms with Gasteiger partial charge in [0.05, 0.1) is 12.2 Å². The van der Waals surface area contributed by atoms with Gasteiger partial charge in [0.25, 0.3) is 0 Å². The van der Waals surface area contributed by atoms with Crippen molar-refractivity contribution in [2.45, 2.75) is 83.4 Å². The molecule has 8 heteroatoms. The van der Waals surface area contributed by atoms with Crippen LogP contribution in [0.15, 0.2) is 52.5 Å². The third-order valence-corrected chi connectivity index (χ3v) is 10.8. The summed E-state index contributed by atoms with van der Waals surface area (Å²) in [5, 5.41) is 11.9. The quantitative estimate of drug-likeness (QED) is 0.542. The van der Waals surface area contributed by atoms with Gasteiger partial charge in [0, 0.05) is 16.7 Å². The Hall–Kier alpha value is -2.81. The zero-order valence-corrected chi connectivity index (χ0v) is 23.3. The van der Waals surface area contributed by atoms with Crippen molar-refractivity contribution in [1.29, 1.82) is 0 Å². The molecule has 4 fully saturated rings. The van der Waals surface area contributed by atoms with Crippen LogP contribution in [0.25, 0.3) is 11.1 Å². The molecule has 1 aromatic carbocycles. The highest BCUT2D eigenvalue weighted by molar-refractivity contribution is 6.01. The molecule has 1 N–H and O–H groups in total. The number of carbonyl (C=O) groups excluding carboxylic acids is 2. The number of fused-ring (bicyclic) bond motifs is 8. The van der Waals surface area contributed by atoms with E-state index < -0.39 is 29.5 Å². The van der Waals surface area contributed by atoms with E-state index in [4.69, 9.17) is 18.6 Å². The lowest BCUT2D eigenvalue weighted by atomic mass is 9.46. The minimum atomic E-state index is -1.23. The van der Waals surface area contributed by atoms with Gasteiger partial charge in [-0.05, 0) is 68.2 Å². The highest BCUT2D eigenvalue weighted by Crippen LogP contribution is 2.69. The normalized spacial score (nSPS) is 41.7. The lowest BCUT2D eigenvalue weighted by Gasteiger charge is -2.59. The molecule has 5 aliphatic rings. The number of benzene rings is 1. The molecule has 8 nitrogen and oxygen atoms in total. The molecule has 1 saturated heterocycles. The predicted molar refractivity (Wildman–Crippen MR) is 145 cm³/mol. The Morgan fingerprint density at radius 3 is 2.88 bits per heavy atom. The van der Waals surface area contributed by atoms with Crippen LogP contribution in [0.5, 0.6) is 6.08 Å². The monoisotopic (exact) mass is 547 g/mol. The summed E-state index contributed by atoms with van der Waals surface area (Å²) in [5.74, 6) is 0.0665. The number of ketones is 2. The summed E-state index contributed by atoms with van der Waals surface area (Å²) in [6.45, 7) is 6.08. The molecule has 4 aliphatic carbocycles. The molecule has 212 valence electrons. The van der Waals surface area contributed by atoms with E-state index in [-0.39, 0.29) is 47.4 Å². The van der Waals surface area contributed by atoms with Gasteiger partial charge in [-0.3, -0.25) is 9.59 Å². The molecule has 2 aromatic rings. The summed E-state index contributed by atoms with van der Waals surface area (Å²) < 4.78 is 24.7. The molecular weight excluding hydrogens is 510 g/mol. The third-order valence-electron chi connectivity index (χ3n) is 10.8. The first-order valence-electron chi connectivity index (χ1n) is 14.7. The highest BCUT2D eigenvalue weighted by Gasteiger charge is 2.75. The second-order valence-corrected chi connectivity index (χ2v) is 12.8. The SMILES string of the molecule is CCC[C@@H]1O[C@@H]2CC3C4CCC5=CC(=O)C=CC5(C)C4C(O)CC3(C)[C@]2(C(=O)COc2nc3ccccc3o2)O1. The fourth-order valence-electron chi connectivity index (χ4n) is 9.15. The minimum absolute atomic E-state index is 0.0173. The number of allylic oxidation sites excluding steroid dienone is 4. The predicted octanol–water partition coefficient (Wildman–Crippen LogP) is 4.94. The lowest BCUT2D eigenvalue weighted by Crippen LogP contribution is -2.63. The first-order chi connectivity index (χ1) is 19.2. The van der Waals surface area contributed by atoms with E-state index in [1.165, 1.54) is 0 Å². The number of ether oxygens (including phenoxy) is 3. The molecule has 7 rings (SSSR count). The minimum Gasteiger partial charge on any atom is -0.442 e. The van der Waals surface area contributed by atoms with Gasteiger partial charge in [-0.15, -0.1) is 0 Å². The number of aliphatic hydroxyl groups is 1. The molecular formula is C32H37NO7. The Morgan fingerprint density at radius 2 is 2.08 bits per heavy atom. The van der Waals surface area contributed by atoms with Crippen molar-refractivity contribution in [3.8, 4) is 6.08 Å². The summed E-state index contributed by atoms with van der Waals surface area (Å²) in [5.41, 5.74) is 0.108. The maximum Gasteiger partial charge on any atom is 0.395 e. The standard InChI is InChI=1S/C32H37NO7/c1-4-7-27-39-26-15-21-20-11-10-18-14-19(34)12-13-30(18,2)28(20)23(35)16-31(21,3)32(26,40-27)25(36)17-37-29-33-22-8-5-6-9-24(22)38-29/h5-6,8-9,12-14,20-21,23,26-28,35H,4,7,10-11,15-17H2,1-3H3/t20?,21?,23?,26-,27-,28?,30?,31?,32-/m1/s1. The fourth-order valence-corrected chi connectivity index (χ4v) is 9.15. The Morgan fingerprint density at radius 1 is 1.25 bits per heavy atom. The number of Topliss-reactive ketones (excluding diaryl/α,β-unsaturated/α-hetero) is 1. The van der Waals surface area contributed by atoms with E-state index >= 15 is 0 Å². The van der Waals surface area contributed by atoms with Crippen molar-refractivity contribution in [2.24, 2.45) is 28.6 Å². The molecule has 6 unspecified atom stereocenters. The van der Waals surface area contributed by atoms with Crippen molar-refractivity contribution in [1.82, 2.24) is 4.98 Å². The molecule has 1 aromatic heterocycles. The van der Waals surface area contributed by atoms with Crippen molar-refractivity contribution in [3.05, 3.63) is 48.1 Å². The average molecular weight is 548 g/mol. The van der Waals surface area contributed by atoms with E-state index in [0.29, 0.717) is 30.4 Å². The summed E-state index contributed by atoms with van der Waals surface area (Å²) in [7, 11) is 0. The van der Waals surface area contributed by atoms with Crippen LogP contribution >= 0.6 is 0 Å². The number of nitrogens with zero attached hydrogens (tertiary/aromatic N) is 1. The second-order valence-electron chi connectivity index (χ2n) is 12.8. The van der Waals surface area contributed by atoms with Gasteiger partial charge in [-0.1, -0.05) is 51.0 Å². The molecule has 9 atom stereocenters. The van der Waals surface area contributed by atoms with Crippen LogP contribution in [0.1, 0.15) is 59.3 Å². The van der Waals surface area contributed by atoms with Crippen LogP contribution in [-0.2, 0) is 19.1 Å². The van der Waals surface area contributed by atoms with Gasteiger partial charge in [0.2, 0.25) is 5.78 Å². The number of rotatable bonds is 6. The van der Waals surface area contributed by atoms with Crippen LogP contribution < -0.4 is 4.74 Å². The van der Waals surface area contributed by atoms with E-state index in [0.717, 1.165) is 24.8 Å². The maximum absolute atomic E-state index is 14.3. The number of oxazole rings is 1. The molecule has 0 radical (unpaired) electrons. The number of carbonyl (C=O) groups is 2. The lowest BCUT2D eigenvalue weighted by molar-refractivity contribution is -0.200. The van der Waals surface area contributed by atoms with Gasteiger partial charge in [0.15, 0.2) is 29.9 Å². The van der Waals surface area contributed by atoms with Crippen LogP contribution in [0, 0.1) is 28.6 Å². The van der Waals surface area contributed by atoms with Crippen LogP contribution in [0.3, 0.4) is 0 Å². The third kappa shape index (κ3) is 3.51. The van der Waals surface area contributed by atoms with Gasteiger partial charge >= 0.3 is 6.08 Å². The molecule has 3 saturated carbocycles. The van der Waals surface area contributed by atoms with E-state index in [1.54, 1.807) is 18.2 Å². The first-order valence-corrected chi connectivity index (χ1v) is 14.7. The zero-order valence-electron chi connectivity index (χ0n) is 23.3. The Labute approximate surface area is 233 Å². The highest BCUT2D eigenvalue weighted by atomic mass is 16.7. The van der Waals surface area contributed by atoms with Crippen molar-refractivity contribution in [2.75, 3.05) is 6.61 Å². The number of hydrogen-bond acceptors (Lipinski definition) is 8. The molecule has 1 aliphatic heterocycles. The van der Waals surface area contributed by atoms with Crippen molar-refractivity contribution >= 4 is 22.7 Å². The Balaban J connectivity index is 1.22. The van der Waals surface area contributed by atoms with Crippen LogP contribution in [-0.4, -0.2) is 52.4 Å². The van der Waals surface area contributed by atoms with E-state index in [9.17, 15) is 14.7 Å². The number of hydrogen-bond donors (Lipinski definition) is 1. The van der Waals surface area contributed by atoms with Crippen LogP contribution in [0.4, 0.5) is 0 Å². The summed E-state index contributed by atoms with van der Waals surface area (Å²) in [4.78, 5) is 30.8. The second kappa shape index (κ2) is 9.10. The van der Waals surface area contributed by atoms with Gasteiger partial charge < -0.3 is 23.7 Å². The van der Waals surface area contributed by atoms with E-state index in [2.05, 4.69) is 25.8 Å². The molecule has 0 spiro atoms. The molecule has 40 heavy (non-hydrogen) atoms. The van der Waals surface area contributed by atoms with Crippen molar-refractivity contribution in [3.63, 3.8) is 0 Å². The largest absolute Gasteiger partial charge is 0.442 e. The van der Waals surface area contributed by atoms with Gasteiger partial charge in [0.1, 0.15) is 5.52 Å². The summed E-state index contributed by atoms with van der Waals surface area (Å²) in [6.07, 6.45) is 8.24. The molecule has 2 heterocycles. The van der Waals surface area contributed by atoms with Gasteiger partial charge in [-0.25, -0.2) is 0 Å². The maximum atomic E-state index is 14.3. The summed E-state index contributed by atoms with van der Waals surface area (Å²) >= 11 is 0. The van der Waals surface area contributed by atoms with E-state index in [1.807, 2.05) is 24.3 Å². The zero-order chi connectivity index (χ0) is 27.9. The number of aromatic nitrogens is 1. The Bertz CT molecular complexity index is 1390. The molecule has 0 amide bonds.